The third kappa shape index (κ3) is 13.5. The summed E-state index contributed by atoms with van der Waals surface area (Å²) in [5, 5.41) is 33.2. The lowest BCUT2D eigenvalue weighted by molar-refractivity contribution is 0.169. The van der Waals surface area contributed by atoms with Crippen LogP contribution in [-0.4, -0.2) is 39.7 Å². The highest BCUT2D eigenvalue weighted by molar-refractivity contribution is 5.69. The topological polar surface area (TPSA) is 150 Å². The second-order valence-electron chi connectivity index (χ2n) is 1.96. The molecule has 0 aromatic rings. The third-order valence-corrected chi connectivity index (χ3v) is 0.921. The van der Waals surface area contributed by atoms with Gasteiger partial charge in [0.25, 0.3) is 5.95 Å². The van der Waals surface area contributed by atoms with Gasteiger partial charge in [-0.2, -0.15) is 0 Å². The molecule has 0 aliphatic heterocycles. The number of hydrogen-bond acceptors (Lipinski definition) is 5. The first-order chi connectivity index (χ1) is 5.95. The van der Waals surface area contributed by atoms with Gasteiger partial charge in [-0.1, -0.05) is 0 Å². The molecule has 0 atom stereocenters. The van der Waals surface area contributed by atoms with Crippen molar-refractivity contribution in [3.05, 3.63) is 11.5 Å². The van der Waals surface area contributed by atoms with Crippen LogP contribution in [-0.2, 0) is 0 Å². The molecule has 0 radical (unpaired) electrons. The fraction of sp³-hybridized carbons (Fsp3) is 0.500. The molecule has 78 valence electrons. The highest BCUT2D eigenvalue weighted by Crippen LogP contribution is 2.01. The molecule has 0 bridgehead atoms. The zero-order chi connectivity index (χ0) is 10.9. The molecule has 7 nitrogen and oxygen atoms in total. The van der Waals surface area contributed by atoms with Gasteiger partial charge in [0.1, 0.15) is 0 Å². The molecule has 13 heavy (non-hydrogen) atoms. The summed E-state index contributed by atoms with van der Waals surface area (Å²) in [4.78, 5) is 9.00. The fourth-order valence-corrected chi connectivity index (χ4v) is 0.397. The van der Waals surface area contributed by atoms with E-state index in [1.54, 1.807) is 0 Å². The molecule has 0 saturated heterocycles. The van der Waals surface area contributed by atoms with E-state index in [1.807, 2.05) is 0 Å². The van der Waals surface area contributed by atoms with Crippen LogP contribution in [0, 0.1) is 0 Å². The summed E-state index contributed by atoms with van der Waals surface area (Å²) in [6, 6.07) is -0.833. The van der Waals surface area contributed by atoms with Gasteiger partial charge in [0.05, 0.1) is 6.61 Å². The number of carbonyl (C=O) groups is 1. The van der Waals surface area contributed by atoms with Crippen molar-refractivity contribution in [3.63, 3.8) is 0 Å². The lowest BCUT2D eigenvalue weighted by atomic mass is 10.2. The molecule has 0 saturated carbocycles. The van der Waals surface area contributed by atoms with E-state index in [0.29, 0.717) is 0 Å². The molecule has 8 N–H and O–H groups in total. The van der Waals surface area contributed by atoms with Crippen molar-refractivity contribution >= 4 is 6.03 Å². The first-order valence-electron chi connectivity index (χ1n) is 3.32. The summed E-state index contributed by atoms with van der Waals surface area (Å²) >= 11 is 0. The minimum absolute atomic E-state index is 0.0532. The second-order valence-corrected chi connectivity index (χ2v) is 1.96. The molecule has 0 aliphatic carbocycles. The molecule has 0 unspecified atom stereocenters. The number of aliphatic hydroxyl groups excluding tert-OH is 3. The van der Waals surface area contributed by atoms with Crippen LogP contribution in [0.15, 0.2) is 11.5 Å². The lowest BCUT2D eigenvalue weighted by Gasteiger charge is -1.98. The van der Waals surface area contributed by atoms with Gasteiger partial charge in [-0.05, 0) is 0 Å². The number of rotatable bonds is 3. The van der Waals surface area contributed by atoms with E-state index in [4.69, 9.17) is 25.2 Å². The molecule has 0 fully saturated rings. The largest absolute Gasteiger partial charge is 0.481 e. The standard InChI is InChI=1S/C5H10O4.CH4N2O/c6-2-1-4(3-7)5(8)9;2-1(3)4/h6-9H,1-3H2;(H4,2,3,4). The van der Waals surface area contributed by atoms with E-state index in [1.165, 1.54) is 0 Å². The summed E-state index contributed by atoms with van der Waals surface area (Å²) < 4.78 is 0. The Bertz CT molecular complexity index is 172. The van der Waals surface area contributed by atoms with Gasteiger partial charge in [0.2, 0.25) is 0 Å². The quantitative estimate of drug-likeness (QED) is 0.309. The van der Waals surface area contributed by atoms with Crippen LogP contribution >= 0.6 is 0 Å². The van der Waals surface area contributed by atoms with Crippen LogP contribution in [0.25, 0.3) is 0 Å². The summed E-state index contributed by atoms with van der Waals surface area (Å²) in [7, 11) is 0. The van der Waals surface area contributed by atoms with Crippen molar-refractivity contribution in [1.82, 2.24) is 0 Å². The maximum atomic E-state index is 9.00. The Hall–Kier alpha value is -1.47. The van der Waals surface area contributed by atoms with Crippen LogP contribution in [0.2, 0.25) is 0 Å². The van der Waals surface area contributed by atoms with Gasteiger partial charge >= 0.3 is 6.03 Å². The number of primary amides is 2. The highest BCUT2D eigenvalue weighted by atomic mass is 16.5. The lowest BCUT2D eigenvalue weighted by Crippen LogP contribution is -2.18. The molecule has 0 aliphatic rings. The van der Waals surface area contributed by atoms with E-state index >= 15 is 0 Å². The maximum Gasteiger partial charge on any atom is 0.309 e. The first kappa shape index (κ1) is 14.1. The van der Waals surface area contributed by atoms with Crippen molar-refractivity contribution in [2.45, 2.75) is 6.42 Å². The normalized spacial score (nSPS) is 8.15. The molecule has 0 heterocycles. The highest BCUT2D eigenvalue weighted by Gasteiger charge is 2.00. The molecular weight excluding hydrogens is 180 g/mol. The Labute approximate surface area is 74.9 Å². The van der Waals surface area contributed by atoms with Crippen LogP contribution < -0.4 is 11.5 Å². The Morgan fingerprint density at radius 3 is 1.62 bits per heavy atom. The molecule has 0 aromatic heterocycles. The Morgan fingerprint density at radius 1 is 1.15 bits per heavy atom. The number of urea groups is 1. The van der Waals surface area contributed by atoms with E-state index in [9.17, 15) is 0 Å². The Kier molecular flexibility index (Phi) is 9.34. The summed E-state index contributed by atoms with van der Waals surface area (Å²) in [5.74, 6) is -0.897. The second kappa shape index (κ2) is 8.62. The van der Waals surface area contributed by atoms with Gasteiger partial charge in [0, 0.05) is 18.6 Å². The Morgan fingerprint density at radius 2 is 1.54 bits per heavy atom. The van der Waals surface area contributed by atoms with E-state index in [2.05, 4.69) is 11.5 Å². The van der Waals surface area contributed by atoms with E-state index in [-0.39, 0.29) is 18.6 Å². The SMILES string of the molecule is NC(N)=O.OCCC(CO)=C(O)O. The van der Waals surface area contributed by atoms with Gasteiger partial charge in [-0.3, -0.25) is 0 Å². The van der Waals surface area contributed by atoms with Gasteiger partial charge in [-0.15, -0.1) is 0 Å². The monoisotopic (exact) mass is 194 g/mol. The van der Waals surface area contributed by atoms with Crippen molar-refractivity contribution in [1.29, 1.82) is 0 Å². The van der Waals surface area contributed by atoms with Crippen molar-refractivity contribution in [2.24, 2.45) is 11.5 Å². The molecule has 0 spiro atoms. The summed E-state index contributed by atoms with van der Waals surface area (Å²) in [6.07, 6.45) is 0.0961. The number of hydrogen-bond donors (Lipinski definition) is 6. The zero-order valence-corrected chi connectivity index (χ0v) is 6.97. The maximum absolute atomic E-state index is 9.00. The summed E-state index contributed by atoms with van der Waals surface area (Å²) in [6.45, 7) is -0.622. The van der Waals surface area contributed by atoms with Crippen molar-refractivity contribution < 1.29 is 25.2 Å². The van der Waals surface area contributed by atoms with Gasteiger partial charge < -0.3 is 31.9 Å². The van der Waals surface area contributed by atoms with Crippen LogP contribution in [0.3, 0.4) is 0 Å². The molecule has 0 rings (SSSR count). The molecule has 7 heteroatoms. The predicted octanol–water partition coefficient (Wildman–Crippen LogP) is -1.29. The van der Waals surface area contributed by atoms with Crippen LogP contribution in [0.1, 0.15) is 6.42 Å². The fourth-order valence-electron chi connectivity index (χ4n) is 0.397. The summed E-state index contributed by atoms with van der Waals surface area (Å²) in [5.41, 5.74) is 8.55. The number of aliphatic hydroxyl groups is 4. The van der Waals surface area contributed by atoms with Crippen molar-refractivity contribution in [2.75, 3.05) is 13.2 Å². The average Bonchev–Trinajstić information content (AvgIpc) is 1.98. The number of nitrogens with two attached hydrogens (primary N) is 2. The van der Waals surface area contributed by atoms with Crippen molar-refractivity contribution in [3.8, 4) is 0 Å². The third-order valence-electron chi connectivity index (χ3n) is 0.921. The average molecular weight is 194 g/mol. The molecule has 2 amide bonds. The van der Waals surface area contributed by atoms with Gasteiger partial charge in [0.15, 0.2) is 0 Å². The minimum atomic E-state index is -0.897. The first-order valence-corrected chi connectivity index (χ1v) is 3.32. The smallest absolute Gasteiger partial charge is 0.309 e. The molecule has 0 aromatic carbocycles. The van der Waals surface area contributed by atoms with E-state index < -0.39 is 18.6 Å². The molecular formula is C6H14N2O5. The number of amides is 2. The van der Waals surface area contributed by atoms with Crippen LogP contribution in [0.5, 0.6) is 0 Å². The predicted molar refractivity (Wildman–Crippen MR) is 44.8 cm³/mol. The number of carbonyl (C=O) groups excluding carboxylic acids is 1. The van der Waals surface area contributed by atoms with Gasteiger partial charge in [-0.25, -0.2) is 4.79 Å². The van der Waals surface area contributed by atoms with Crippen LogP contribution in [0.4, 0.5) is 4.79 Å². The van der Waals surface area contributed by atoms with E-state index in [0.717, 1.165) is 0 Å². The zero-order valence-electron chi connectivity index (χ0n) is 6.97. The minimum Gasteiger partial charge on any atom is -0.481 e. The Balaban J connectivity index is 0.